The zero-order valence-corrected chi connectivity index (χ0v) is 10.7. The number of nitrogens with zero attached hydrogens (tertiary/aromatic N) is 1. The molecule has 16 heavy (non-hydrogen) atoms. The largest absolute Gasteiger partial charge is 0.288 e. The Balaban J connectivity index is 2.26. The molecule has 0 bridgehead atoms. The highest BCUT2D eigenvalue weighted by Gasteiger charge is 2.18. The molecule has 6 heteroatoms. The van der Waals surface area contributed by atoms with Gasteiger partial charge in [-0.25, -0.2) is 13.1 Å². The van der Waals surface area contributed by atoms with Gasteiger partial charge in [0.1, 0.15) is 4.21 Å². The van der Waals surface area contributed by atoms with E-state index in [1.807, 2.05) is 6.07 Å². The molecule has 0 atom stereocenters. The van der Waals surface area contributed by atoms with Crippen LogP contribution in [0.4, 0.5) is 0 Å². The van der Waals surface area contributed by atoms with E-state index >= 15 is 0 Å². The molecule has 2 rings (SSSR count). The second-order valence-electron chi connectivity index (χ2n) is 3.55. The molecule has 0 aromatic carbocycles. The lowest BCUT2D eigenvalue weighted by Gasteiger charge is -1.99. The normalized spacial score (nSPS) is 16.4. The van der Waals surface area contributed by atoms with Crippen molar-refractivity contribution >= 4 is 27.1 Å². The van der Waals surface area contributed by atoms with E-state index in [-0.39, 0.29) is 0 Å². The Morgan fingerprint density at radius 1 is 1.50 bits per heavy atom. The summed E-state index contributed by atoms with van der Waals surface area (Å²) in [6.07, 6.45) is 2.03. The van der Waals surface area contributed by atoms with E-state index in [0.717, 1.165) is 30.0 Å². The topological polar surface area (TPSA) is 58.5 Å². The van der Waals surface area contributed by atoms with E-state index in [2.05, 4.69) is 9.71 Å². The Morgan fingerprint density at radius 2 is 2.31 bits per heavy atom. The molecule has 0 amide bonds. The number of thiophene rings is 1. The summed E-state index contributed by atoms with van der Waals surface area (Å²) in [5, 5.41) is 0. The van der Waals surface area contributed by atoms with Crippen molar-refractivity contribution in [1.29, 1.82) is 0 Å². The van der Waals surface area contributed by atoms with Gasteiger partial charge in [-0.2, -0.15) is 0 Å². The summed E-state index contributed by atoms with van der Waals surface area (Å²) in [5.41, 5.74) is 1.04. The summed E-state index contributed by atoms with van der Waals surface area (Å²) in [4.78, 5) is 5.34. The summed E-state index contributed by atoms with van der Waals surface area (Å²) in [6, 6.07) is 3.50. The standard InChI is InChI=1S/C10H14N2O2S2/c1-2-12-16(13,14)10-6-5-9(15-10)8-4-3-7-11-8/h5-6,12H,2-4,7H2,1H3. The van der Waals surface area contributed by atoms with Crippen molar-refractivity contribution in [2.45, 2.75) is 24.0 Å². The summed E-state index contributed by atoms with van der Waals surface area (Å²) < 4.78 is 26.3. The molecule has 0 saturated carbocycles. The Bertz CT molecular complexity index is 503. The smallest absolute Gasteiger partial charge is 0.250 e. The van der Waals surface area contributed by atoms with Gasteiger partial charge < -0.3 is 0 Å². The molecule has 0 unspecified atom stereocenters. The summed E-state index contributed by atoms with van der Waals surface area (Å²) in [7, 11) is -3.31. The van der Waals surface area contributed by atoms with Crippen molar-refractivity contribution in [2.75, 3.05) is 13.1 Å². The Hall–Kier alpha value is -0.720. The molecule has 0 fully saturated rings. The number of hydrogen-bond donors (Lipinski definition) is 1. The van der Waals surface area contributed by atoms with Gasteiger partial charge in [0.15, 0.2) is 0 Å². The summed E-state index contributed by atoms with van der Waals surface area (Å²) in [6.45, 7) is 3.05. The van der Waals surface area contributed by atoms with Gasteiger partial charge in [-0.15, -0.1) is 11.3 Å². The fourth-order valence-electron chi connectivity index (χ4n) is 1.62. The lowest BCUT2D eigenvalue weighted by molar-refractivity contribution is 0.586. The van der Waals surface area contributed by atoms with Crippen LogP contribution in [0.25, 0.3) is 0 Å². The monoisotopic (exact) mass is 258 g/mol. The van der Waals surface area contributed by atoms with E-state index in [4.69, 9.17) is 0 Å². The number of rotatable bonds is 4. The first-order valence-electron chi connectivity index (χ1n) is 5.26. The molecular weight excluding hydrogens is 244 g/mol. The van der Waals surface area contributed by atoms with E-state index < -0.39 is 10.0 Å². The third-order valence-electron chi connectivity index (χ3n) is 2.34. The molecule has 2 heterocycles. The van der Waals surface area contributed by atoms with Crippen molar-refractivity contribution in [3.63, 3.8) is 0 Å². The Morgan fingerprint density at radius 3 is 2.94 bits per heavy atom. The van der Waals surface area contributed by atoms with Crippen LogP contribution < -0.4 is 4.72 Å². The van der Waals surface area contributed by atoms with Gasteiger partial charge in [-0.1, -0.05) is 6.92 Å². The van der Waals surface area contributed by atoms with Gasteiger partial charge in [-0.05, 0) is 25.0 Å². The molecule has 0 aliphatic carbocycles. The predicted octanol–water partition coefficient (Wildman–Crippen LogP) is 1.63. The van der Waals surface area contributed by atoms with Crippen LogP contribution in [-0.4, -0.2) is 27.2 Å². The van der Waals surface area contributed by atoms with Gasteiger partial charge in [0.05, 0.1) is 5.71 Å². The highest BCUT2D eigenvalue weighted by atomic mass is 32.2. The molecule has 0 spiro atoms. The minimum atomic E-state index is -3.31. The molecular formula is C10H14N2O2S2. The van der Waals surface area contributed by atoms with Crippen molar-refractivity contribution in [1.82, 2.24) is 4.72 Å². The summed E-state index contributed by atoms with van der Waals surface area (Å²) >= 11 is 1.30. The maximum atomic E-state index is 11.7. The SMILES string of the molecule is CCNS(=O)(=O)c1ccc(C2=NCCC2)s1. The number of hydrogen-bond acceptors (Lipinski definition) is 4. The van der Waals surface area contributed by atoms with Crippen LogP contribution in [0.1, 0.15) is 24.6 Å². The molecule has 1 aliphatic heterocycles. The van der Waals surface area contributed by atoms with Crippen LogP contribution in [0.3, 0.4) is 0 Å². The number of sulfonamides is 1. The van der Waals surface area contributed by atoms with Gasteiger partial charge in [0, 0.05) is 18.0 Å². The highest BCUT2D eigenvalue weighted by molar-refractivity contribution is 7.91. The average molecular weight is 258 g/mol. The summed E-state index contributed by atoms with van der Waals surface area (Å²) in [5.74, 6) is 0. The number of nitrogens with one attached hydrogen (secondary N) is 1. The van der Waals surface area contributed by atoms with E-state index in [0.29, 0.717) is 10.8 Å². The zero-order valence-electron chi connectivity index (χ0n) is 9.06. The minimum Gasteiger partial charge on any atom is -0.288 e. The predicted molar refractivity (Wildman–Crippen MR) is 65.8 cm³/mol. The first-order chi connectivity index (χ1) is 7.63. The number of aliphatic imine (C=N–C) groups is 1. The van der Waals surface area contributed by atoms with Crippen LogP contribution in [0.2, 0.25) is 0 Å². The first-order valence-corrected chi connectivity index (χ1v) is 7.56. The van der Waals surface area contributed by atoms with Crippen molar-refractivity contribution in [3.05, 3.63) is 17.0 Å². The van der Waals surface area contributed by atoms with E-state index in [9.17, 15) is 8.42 Å². The van der Waals surface area contributed by atoms with E-state index in [1.165, 1.54) is 11.3 Å². The van der Waals surface area contributed by atoms with Gasteiger partial charge in [0.25, 0.3) is 0 Å². The van der Waals surface area contributed by atoms with Crippen LogP contribution >= 0.6 is 11.3 Å². The molecule has 1 N–H and O–H groups in total. The van der Waals surface area contributed by atoms with Gasteiger partial charge in [0.2, 0.25) is 10.0 Å². The molecule has 1 aromatic rings. The fraction of sp³-hybridized carbons (Fsp3) is 0.500. The molecule has 1 aromatic heterocycles. The van der Waals surface area contributed by atoms with Gasteiger partial charge in [-0.3, -0.25) is 4.99 Å². The second kappa shape index (κ2) is 4.65. The van der Waals surface area contributed by atoms with Crippen LogP contribution in [0, 0.1) is 0 Å². The molecule has 0 radical (unpaired) electrons. The first kappa shape index (κ1) is 11.8. The highest BCUT2D eigenvalue weighted by Crippen LogP contribution is 2.25. The lowest BCUT2D eigenvalue weighted by Crippen LogP contribution is -2.22. The average Bonchev–Trinajstić information content (AvgIpc) is 2.89. The van der Waals surface area contributed by atoms with Crippen LogP contribution in [-0.2, 0) is 10.0 Å². The van der Waals surface area contributed by atoms with Crippen molar-refractivity contribution < 1.29 is 8.42 Å². The fourth-order valence-corrected chi connectivity index (χ4v) is 4.05. The van der Waals surface area contributed by atoms with E-state index in [1.54, 1.807) is 13.0 Å². The lowest BCUT2D eigenvalue weighted by atomic mass is 10.2. The maximum absolute atomic E-state index is 11.7. The molecule has 4 nitrogen and oxygen atoms in total. The third-order valence-corrected chi connectivity index (χ3v) is 5.51. The zero-order chi connectivity index (χ0) is 11.6. The quantitative estimate of drug-likeness (QED) is 0.892. The third kappa shape index (κ3) is 2.34. The Kier molecular flexibility index (Phi) is 3.41. The van der Waals surface area contributed by atoms with Crippen LogP contribution in [0.5, 0.6) is 0 Å². The molecule has 1 aliphatic rings. The second-order valence-corrected chi connectivity index (χ2v) is 6.63. The van der Waals surface area contributed by atoms with Crippen molar-refractivity contribution in [2.24, 2.45) is 4.99 Å². The van der Waals surface area contributed by atoms with Crippen molar-refractivity contribution in [3.8, 4) is 0 Å². The maximum Gasteiger partial charge on any atom is 0.250 e. The van der Waals surface area contributed by atoms with Crippen LogP contribution in [0.15, 0.2) is 21.3 Å². The minimum absolute atomic E-state index is 0.374. The Labute approximate surface area is 99.5 Å². The molecule has 0 saturated heterocycles. The molecule has 88 valence electrons. The van der Waals surface area contributed by atoms with Gasteiger partial charge >= 0.3 is 0 Å².